The molecule has 1 aliphatic heterocycles. The van der Waals surface area contributed by atoms with E-state index in [9.17, 15) is 0 Å². The largest absolute Gasteiger partial charge is 0.314 e. The summed E-state index contributed by atoms with van der Waals surface area (Å²) < 4.78 is 0. The Balaban J connectivity index is 1.44. The van der Waals surface area contributed by atoms with Crippen molar-refractivity contribution in [1.29, 1.82) is 0 Å². The highest BCUT2D eigenvalue weighted by Gasteiger charge is 2.26. The molecule has 0 radical (unpaired) electrons. The van der Waals surface area contributed by atoms with Crippen molar-refractivity contribution in [3.63, 3.8) is 0 Å². The topological polar surface area (TPSA) is 41.1 Å². The Kier molecular flexibility index (Phi) is 3.57. The maximum Gasteiger partial charge on any atom is 0.0727 e. The maximum atomic E-state index is 4.43. The zero-order valence-electron chi connectivity index (χ0n) is 11.1. The SMILES string of the molecule is Cc1cnc(CN2CCC(CNC3CC3)C2)cn1. The van der Waals surface area contributed by atoms with Crippen LogP contribution in [-0.2, 0) is 6.54 Å². The number of likely N-dealkylation sites (tertiary alicyclic amines) is 1. The summed E-state index contributed by atoms with van der Waals surface area (Å²) in [5, 5.41) is 3.64. The van der Waals surface area contributed by atoms with Crippen molar-refractivity contribution in [2.45, 2.75) is 38.8 Å². The molecule has 1 N–H and O–H groups in total. The predicted molar refractivity (Wildman–Crippen MR) is 71.2 cm³/mol. The van der Waals surface area contributed by atoms with Gasteiger partial charge in [0, 0.05) is 31.5 Å². The lowest BCUT2D eigenvalue weighted by atomic mass is 10.1. The summed E-state index contributed by atoms with van der Waals surface area (Å²) in [6.07, 6.45) is 7.85. The summed E-state index contributed by atoms with van der Waals surface area (Å²) in [5.41, 5.74) is 2.09. The fourth-order valence-electron chi connectivity index (χ4n) is 2.57. The normalized spacial score (nSPS) is 24.6. The molecule has 2 heterocycles. The Morgan fingerprint density at radius 3 is 2.89 bits per heavy atom. The number of aromatic nitrogens is 2. The van der Waals surface area contributed by atoms with Gasteiger partial charge in [-0.3, -0.25) is 14.9 Å². The van der Waals surface area contributed by atoms with E-state index in [1.165, 1.54) is 38.9 Å². The quantitative estimate of drug-likeness (QED) is 0.851. The second kappa shape index (κ2) is 5.33. The fourth-order valence-corrected chi connectivity index (χ4v) is 2.57. The van der Waals surface area contributed by atoms with E-state index in [1.54, 1.807) is 0 Å². The molecule has 18 heavy (non-hydrogen) atoms. The summed E-state index contributed by atoms with van der Waals surface area (Å²) in [6, 6.07) is 0.835. The summed E-state index contributed by atoms with van der Waals surface area (Å²) >= 11 is 0. The van der Waals surface area contributed by atoms with Crippen molar-refractivity contribution < 1.29 is 0 Å². The van der Waals surface area contributed by atoms with E-state index in [0.717, 1.165) is 29.9 Å². The maximum absolute atomic E-state index is 4.43. The van der Waals surface area contributed by atoms with Crippen molar-refractivity contribution >= 4 is 0 Å². The molecule has 0 spiro atoms. The Labute approximate surface area is 109 Å². The van der Waals surface area contributed by atoms with E-state index < -0.39 is 0 Å². The van der Waals surface area contributed by atoms with E-state index >= 15 is 0 Å². The van der Waals surface area contributed by atoms with Crippen molar-refractivity contribution in [2.75, 3.05) is 19.6 Å². The van der Waals surface area contributed by atoms with Crippen LogP contribution < -0.4 is 5.32 Å². The second-order valence-corrected chi connectivity index (χ2v) is 5.72. The number of hydrogen-bond donors (Lipinski definition) is 1. The van der Waals surface area contributed by atoms with Gasteiger partial charge in [0.05, 0.1) is 11.4 Å². The molecule has 1 aromatic heterocycles. The van der Waals surface area contributed by atoms with E-state index in [-0.39, 0.29) is 0 Å². The van der Waals surface area contributed by atoms with Crippen LogP contribution >= 0.6 is 0 Å². The molecule has 1 saturated carbocycles. The highest BCUT2D eigenvalue weighted by atomic mass is 15.2. The van der Waals surface area contributed by atoms with Gasteiger partial charge in [-0.25, -0.2) is 0 Å². The number of hydrogen-bond acceptors (Lipinski definition) is 4. The van der Waals surface area contributed by atoms with Crippen LogP contribution in [0.4, 0.5) is 0 Å². The van der Waals surface area contributed by atoms with Gasteiger partial charge >= 0.3 is 0 Å². The van der Waals surface area contributed by atoms with Gasteiger partial charge in [-0.2, -0.15) is 0 Å². The van der Waals surface area contributed by atoms with Gasteiger partial charge < -0.3 is 5.32 Å². The third-order valence-electron chi connectivity index (χ3n) is 3.86. The van der Waals surface area contributed by atoms with Gasteiger partial charge in [-0.15, -0.1) is 0 Å². The van der Waals surface area contributed by atoms with Crippen LogP contribution in [0.25, 0.3) is 0 Å². The minimum atomic E-state index is 0.823. The first-order valence-corrected chi connectivity index (χ1v) is 7.03. The van der Waals surface area contributed by atoms with Crippen molar-refractivity contribution in [3.8, 4) is 0 Å². The number of rotatable bonds is 5. The molecular weight excluding hydrogens is 224 g/mol. The van der Waals surface area contributed by atoms with E-state index in [0.29, 0.717) is 0 Å². The Hall–Kier alpha value is -1.00. The first-order valence-electron chi connectivity index (χ1n) is 7.03. The molecule has 0 aromatic carbocycles. The third kappa shape index (κ3) is 3.27. The number of nitrogens with zero attached hydrogens (tertiary/aromatic N) is 3. The Bertz CT molecular complexity index is 385. The van der Waals surface area contributed by atoms with Gasteiger partial charge in [-0.1, -0.05) is 0 Å². The van der Waals surface area contributed by atoms with Crippen molar-refractivity contribution in [3.05, 3.63) is 23.8 Å². The lowest BCUT2D eigenvalue weighted by molar-refractivity contribution is 0.310. The molecule has 2 fully saturated rings. The molecule has 98 valence electrons. The highest BCUT2D eigenvalue weighted by Crippen LogP contribution is 2.21. The summed E-state index contributed by atoms with van der Waals surface area (Å²) in [4.78, 5) is 11.2. The van der Waals surface area contributed by atoms with Gasteiger partial charge in [0.25, 0.3) is 0 Å². The predicted octanol–water partition coefficient (Wildman–Crippen LogP) is 1.36. The molecule has 4 nitrogen and oxygen atoms in total. The van der Waals surface area contributed by atoms with E-state index in [1.807, 2.05) is 19.3 Å². The summed E-state index contributed by atoms with van der Waals surface area (Å²) in [6.45, 7) is 6.53. The molecule has 1 aliphatic carbocycles. The average molecular weight is 246 g/mol. The van der Waals surface area contributed by atoms with Gasteiger partial charge in [-0.05, 0) is 45.2 Å². The minimum absolute atomic E-state index is 0.823. The van der Waals surface area contributed by atoms with Crippen LogP contribution in [0.3, 0.4) is 0 Å². The molecule has 1 saturated heterocycles. The second-order valence-electron chi connectivity index (χ2n) is 5.72. The molecule has 1 unspecified atom stereocenters. The van der Waals surface area contributed by atoms with Crippen LogP contribution in [0.2, 0.25) is 0 Å². The van der Waals surface area contributed by atoms with E-state index in [4.69, 9.17) is 0 Å². The molecule has 4 heteroatoms. The van der Waals surface area contributed by atoms with Crippen LogP contribution in [0, 0.1) is 12.8 Å². The molecule has 1 aromatic rings. The van der Waals surface area contributed by atoms with Gasteiger partial charge in [0.15, 0.2) is 0 Å². The average Bonchev–Trinajstić information content (AvgIpc) is 3.10. The molecule has 0 bridgehead atoms. The lowest BCUT2D eigenvalue weighted by Crippen LogP contribution is -2.27. The van der Waals surface area contributed by atoms with Crippen molar-refractivity contribution in [2.24, 2.45) is 5.92 Å². The fraction of sp³-hybridized carbons (Fsp3) is 0.714. The molecular formula is C14H22N4. The van der Waals surface area contributed by atoms with Gasteiger partial charge in [0.1, 0.15) is 0 Å². The standard InChI is InChI=1S/C14H22N4/c1-11-6-16-14(8-15-11)10-18-5-4-12(9-18)7-17-13-2-3-13/h6,8,12-13,17H,2-5,7,9-10H2,1H3. The molecule has 2 aliphatic rings. The zero-order valence-corrected chi connectivity index (χ0v) is 11.1. The summed E-state index contributed by atoms with van der Waals surface area (Å²) in [5.74, 6) is 0.823. The first kappa shape index (κ1) is 12.1. The Morgan fingerprint density at radius 2 is 2.17 bits per heavy atom. The van der Waals surface area contributed by atoms with Crippen LogP contribution in [0.15, 0.2) is 12.4 Å². The van der Waals surface area contributed by atoms with Crippen LogP contribution in [-0.4, -0.2) is 40.5 Å². The minimum Gasteiger partial charge on any atom is -0.314 e. The van der Waals surface area contributed by atoms with E-state index in [2.05, 4.69) is 20.2 Å². The van der Waals surface area contributed by atoms with Crippen LogP contribution in [0.5, 0.6) is 0 Å². The van der Waals surface area contributed by atoms with Gasteiger partial charge in [0.2, 0.25) is 0 Å². The zero-order chi connectivity index (χ0) is 12.4. The Morgan fingerprint density at radius 1 is 1.28 bits per heavy atom. The lowest BCUT2D eigenvalue weighted by Gasteiger charge is -2.15. The molecule has 3 rings (SSSR count). The highest BCUT2D eigenvalue weighted by molar-refractivity contribution is 5.01. The monoisotopic (exact) mass is 246 g/mol. The number of nitrogens with one attached hydrogen (secondary N) is 1. The van der Waals surface area contributed by atoms with Crippen molar-refractivity contribution in [1.82, 2.24) is 20.2 Å². The smallest absolute Gasteiger partial charge is 0.0727 e. The molecule has 1 atom stereocenters. The first-order chi connectivity index (χ1) is 8.79. The third-order valence-corrected chi connectivity index (χ3v) is 3.86. The number of aryl methyl sites for hydroxylation is 1. The summed E-state index contributed by atoms with van der Waals surface area (Å²) in [7, 11) is 0. The van der Waals surface area contributed by atoms with Crippen LogP contribution in [0.1, 0.15) is 30.7 Å². The molecule has 0 amide bonds.